The second kappa shape index (κ2) is 8.98. The van der Waals surface area contributed by atoms with E-state index >= 15 is 0 Å². The molecule has 158 valence electrons. The quantitative estimate of drug-likeness (QED) is 0.387. The van der Waals surface area contributed by atoms with Gasteiger partial charge >= 0.3 is 0 Å². The fourth-order valence-corrected chi connectivity index (χ4v) is 3.90. The van der Waals surface area contributed by atoms with Gasteiger partial charge in [-0.3, -0.25) is 9.59 Å². The summed E-state index contributed by atoms with van der Waals surface area (Å²) in [6, 6.07) is 8.85. The average Bonchev–Trinajstić information content (AvgIpc) is 2.99. The average molecular weight is 450 g/mol. The number of hydrogen-bond acceptors (Lipinski definition) is 5. The molecular weight excluding hydrogens is 429 g/mol. The molecule has 1 aliphatic heterocycles. The minimum absolute atomic E-state index is 0.0432. The molecule has 2 aromatic rings. The predicted molar refractivity (Wildman–Crippen MR) is 115 cm³/mol. The zero-order chi connectivity index (χ0) is 22.0. The van der Waals surface area contributed by atoms with Crippen molar-refractivity contribution < 1.29 is 24.2 Å². The molecule has 30 heavy (non-hydrogen) atoms. The summed E-state index contributed by atoms with van der Waals surface area (Å²) in [5.41, 5.74) is 0.773. The molecule has 0 aromatic heterocycles. The van der Waals surface area contributed by atoms with Crippen molar-refractivity contribution in [2.24, 2.45) is 0 Å². The number of carbonyl (C=O) groups excluding carboxylic acids is 2. The number of ether oxygens (including phenoxy) is 2. The van der Waals surface area contributed by atoms with Gasteiger partial charge in [0.05, 0.1) is 35.9 Å². The van der Waals surface area contributed by atoms with E-state index in [0.29, 0.717) is 35.1 Å². The first kappa shape index (κ1) is 22.0. The van der Waals surface area contributed by atoms with Crippen LogP contribution in [0.25, 0.3) is 5.76 Å². The van der Waals surface area contributed by atoms with Crippen LogP contribution in [-0.2, 0) is 9.59 Å². The third-order valence-electron chi connectivity index (χ3n) is 4.93. The number of methoxy groups -OCH3 is 2. The molecule has 1 atom stereocenters. The maximum Gasteiger partial charge on any atom is 0.295 e. The van der Waals surface area contributed by atoms with Crippen LogP contribution in [0, 0.1) is 0 Å². The number of para-hydroxylation sites is 1. The predicted octanol–water partition coefficient (Wildman–Crippen LogP) is 4.84. The van der Waals surface area contributed by atoms with Crippen molar-refractivity contribution in [3.05, 3.63) is 63.1 Å². The van der Waals surface area contributed by atoms with E-state index in [1.54, 1.807) is 18.2 Å². The molecule has 2 aromatic carbocycles. The van der Waals surface area contributed by atoms with E-state index in [0.717, 1.165) is 0 Å². The van der Waals surface area contributed by atoms with E-state index in [4.69, 9.17) is 32.7 Å². The molecule has 0 saturated carbocycles. The number of rotatable bonds is 6. The summed E-state index contributed by atoms with van der Waals surface area (Å²) >= 11 is 12.1. The highest BCUT2D eigenvalue weighted by Gasteiger charge is 2.47. The second-order valence-electron chi connectivity index (χ2n) is 6.70. The van der Waals surface area contributed by atoms with Gasteiger partial charge in [0.1, 0.15) is 5.76 Å². The fourth-order valence-electron chi connectivity index (χ4n) is 3.60. The first-order valence-corrected chi connectivity index (χ1v) is 10.1. The van der Waals surface area contributed by atoms with Crippen LogP contribution in [0.15, 0.2) is 42.0 Å². The lowest BCUT2D eigenvalue weighted by atomic mass is 9.94. The lowest BCUT2D eigenvalue weighted by molar-refractivity contribution is -0.139. The van der Waals surface area contributed by atoms with Crippen molar-refractivity contribution in [2.75, 3.05) is 20.8 Å². The minimum Gasteiger partial charge on any atom is -0.507 e. The minimum atomic E-state index is -0.843. The van der Waals surface area contributed by atoms with Crippen LogP contribution in [0.2, 0.25) is 10.0 Å². The van der Waals surface area contributed by atoms with Gasteiger partial charge in [0, 0.05) is 17.7 Å². The number of ketones is 1. The van der Waals surface area contributed by atoms with Crippen molar-refractivity contribution in [1.29, 1.82) is 0 Å². The Labute approximate surface area is 184 Å². The largest absolute Gasteiger partial charge is 0.507 e. The fraction of sp³-hybridized carbons (Fsp3) is 0.273. The van der Waals surface area contributed by atoms with Crippen molar-refractivity contribution in [2.45, 2.75) is 19.4 Å². The molecule has 1 aliphatic rings. The summed E-state index contributed by atoms with van der Waals surface area (Å²) in [6.07, 6.45) is 0.628. The first-order valence-electron chi connectivity index (χ1n) is 9.30. The van der Waals surface area contributed by atoms with Crippen molar-refractivity contribution in [3.63, 3.8) is 0 Å². The van der Waals surface area contributed by atoms with Crippen LogP contribution in [0.4, 0.5) is 0 Å². The van der Waals surface area contributed by atoms with Gasteiger partial charge in [0.2, 0.25) is 0 Å². The first-order chi connectivity index (χ1) is 14.3. The molecule has 3 rings (SSSR count). The van der Waals surface area contributed by atoms with Crippen LogP contribution >= 0.6 is 23.2 Å². The maximum absolute atomic E-state index is 13.0. The van der Waals surface area contributed by atoms with Crippen LogP contribution in [0.5, 0.6) is 11.5 Å². The maximum atomic E-state index is 13.0. The Morgan fingerprint density at radius 2 is 1.83 bits per heavy atom. The number of likely N-dealkylation sites (tertiary alicyclic amines) is 1. The Bertz CT molecular complexity index is 1030. The number of nitrogens with zero attached hydrogens (tertiary/aromatic N) is 1. The van der Waals surface area contributed by atoms with Gasteiger partial charge in [-0.05, 0) is 30.7 Å². The monoisotopic (exact) mass is 449 g/mol. The van der Waals surface area contributed by atoms with Crippen molar-refractivity contribution >= 4 is 40.7 Å². The van der Waals surface area contributed by atoms with Gasteiger partial charge in [-0.15, -0.1) is 0 Å². The number of aliphatic hydroxyl groups excluding tert-OH is 1. The van der Waals surface area contributed by atoms with Crippen LogP contribution in [-0.4, -0.2) is 42.5 Å². The Morgan fingerprint density at radius 1 is 1.10 bits per heavy atom. The summed E-state index contributed by atoms with van der Waals surface area (Å²) in [6.45, 7) is 2.23. The molecule has 1 unspecified atom stereocenters. The van der Waals surface area contributed by atoms with E-state index in [9.17, 15) is 14.7 Å². The SMILES string of the molecule is CCCN1C(=O)C(=O)/C(=C(/O)c2ccc(Cl)c(Cl)c2)C1c1cccc(OC)c1OC. The van der Waals surface area contributed by atoms with Crippen LogP contribution in [0.1, 0.15) is 30.5 Å². The lowest BCUT2D eigenvalue weighted by Gasteiger charge is -2.26. The molecule has 0 radical (unpaired) electrons. The third kappa shape index (κ3) is 3.73. The number of aliphatic hydroxyl groups is 1. The summed E-state index contributed by atoms with van der Waals surface area (Å²) < 4.78 is 10.9. The van der Waals surface area contributed by atoms with E-state index in [-0.39, 0.29) is 21.9 Å². The zero-order valence-electron chi connectivity index (χ0n) is 16.7. The highest BCUT2D eigenvalue weighted by molar-refractivity contribution is 6.47. The normalized spacial score (nSPS) is 18.0. The van der Waals surface area contributed by atoms with Crippen LogP contribution < -0.4 is 9.47 Å². The molecule has 1 fully saturated rings. The van der Waals surface area contributed by atoms with Gasteiger partial charge in [0.25, 0.3) is 11.7 Å². The van der Waals surface area contributed by atoms with Gasteiger partial charge in [-0.2, -0.15) is 0 Å². The summed E-state index contributed by atoms with van der Waals surface area (Å²) in [5.74, 6) is -0.963. The Balaban J connectivity index is 2.28. The van der Waals surface area contributed by atoms with Crippen LogP contribution in [0.3, 0.4) is 0 Å². The Kier molecular flexibility index (Phi) is 6.58. The number of carbonyl (C=O) groups is 2. The van der Waals surface area contributed by atoms with E-state index < -0.39 is 17.7 Å². The van der Waals surface area contributed by atoms with E-state index in [1.807, 2.05) is 6.92 Å². The molecule has 1 N–H and O–H groups in total. The zero-order valence-corrected chi connectivity index (χ0v) is 18.3. The number of Topliss-reactive ketones (excluding diaryl/α,β-unsaturated/α-hetero) is 1. The molecule has 0 bridgehead atoms. The molecule has 1 heterocycles. The van der Waals surface area contributed by atoms with Gasteiger partial charge < -0.3 is 19.5 Å². The number of hydrogen-bond donors (Lipinski definition) is 1. The second-order valence-corrected chi connectivity index (χ2v) is 7.52. The van der Waals surface area contributed by atoms with Crippen molar-refractivity contribution in [3.8, 4) is 11.5 Å². The van der Waals surface area contributed by atoms with E-state index in [2.05, 4.69) is 0 Å². The molecule has 1 saturated heterocycles. The summed E-state index contributed by atoms with van der Waals surface area (Å²) in [7, 11) is 2.98. The van der Waals surface area contributed by atoms with Gasteiger partial charge in [0.15, 0.2) is 11.5 Å². The highest BCUT2D eigenvalue weighted by atomic mass is 35.5. The molecule has 6 nitrogen and oxygen atoms in total. The topological polar surface area (TPSA) is 76.1 Å². The Hall–Kier alpha value is -2.70. The van der Waals surface area contributed by atoms with Gasteiger partial charge in [-0.1, -0.05) is 42.3 Å². The summed E-state index contributed by atoms with van der Waals surface area (Å²) in [5, 5.41) is 11.6. The van der Waals surface area contributed by atoms with Gasteiger partial charge in [-0.25, -0.2) is 0 Å². The molecular formula is C22H21Cl2NO5. The molecule has 8 heteroatoms. The standard InChI is InChI=1S/C22H21Cl2NO5/c1-4-10-25-18(13-6-5-7-16(29-2)21(13)30-3)17(20(27)22(25)28)19(26)12-8-9-14(23)15(24)11-12/h5-9,11,18,26H,4,10H2,1-3H3/b19-17+. The molecule has 0 aliphatic carbocycles. The molecule has 1 amide bonds. The third-order valence-corrected chi connectivity index (χ3v) is 5.66. The van der Waals surface area contributed by atoms with Crippen molar-refractivity contribution in [1.82, 2.24) is 4.90 Å². The molecule has 0 spiro atoms. The van der Waals surface area contributed by atoms with E-state index in [1.165, 1.54) is 37.3 Å². The number of benzene rings is 2. The lowest BCUT2D eigenvalue weighted by Crippen LogP contribution is -2.30. The number of amides is 1. The summed E-state index contributed by atoms with van der Waals surface area (Å²) in [4.78, 5) is 27.2. The number of halogens is 2. The highest BCUT2D eigenvalue weighted by Crippen LogP contribution is 2.45. The smallest absolute Gasteiger partial charge is 0.295 e. The Morgan fingerprint density at radius 3 is 2.43 bits per heavy atom.